The SMILES string of the molecule is O=C(NCc1nccnc1-c1ccsc1)c1cccs1. The number of hydrogen-bond donors (Lipinski definition) is 1. The van der Waals surface area contributed by atoms with E-state index in [9.17, 15) is 4.79 Å². The molecule has 0 aliphatic rings. The maximum Gasteiger partial charge on any atom is 0.261 e. The molecule has 0 aliphatic heterocycles. The molecule has 0 atom stereocenters. The third-order valence-electron chi connectivity index (χ3n) is 2.73. The van der Waals surface area contributed by atoms with Crippen molar-refractivity contribution in [2.24, 2.45) is 0 Å². The van der Waals surface area contributed by atoms with Gasteiger partial charge in [0.1, 0.15) is 0 Å². The van der Waals surface area contributed by atoms with Crippen molar-refractivity contribution in [3.05, 3.63) is 57.3 Å². The van der Waals surface area contributed by atoms with Gasteiger partial charge in [-0.1, -0.05) is 6.07 Å². The van der Waals surface area contributed by atoms with Crippen LogP contribution in [0.3, 0.4) is 0 Å². The number of carbonyl (C=O) groups excluding carboxylic acids is 1. The van der Waals surface area contributed by atoms with Gasteiger partial charge in [0, 0.05) is 23.3 Å². The number of hydrogen-bond acceptors (Lipinski definition) is 5. The summed E-state index contributed by atoms with van der Waals surface area (Å²) in [5.74, 6) is -0.0816. The maximum atomic E-state index is 11.9. The van der Waals surface area contributed by atoms with Crippen LogP contribution in [0.5, 0.6) is 0 Å². The van der Waals surface area contributed by atoms with Gasteiger partial charge in [-0.05, 0) is 22.9 Å². The van der Waals surface area contributed by atoms with Crippen LogP contribution < -0.4 is 5.32 Å². The lowest BCUT2D eigenvalue weighted by Gasteiger charge is -2.07. The fraction of sp³-hybridized carbons (Fsp3) is 0.0714. The Bertz CT molecular complexity index is 693. The van der Waals surface area contributed by atoms with E-state index in [1.165, 1.54) is 11.3 Å². The third-order valence-corrected chi connectivity index (χ3v) is 4.28. The van der Waals surface area contributed by atoms with Crippen LogP contribution in [-0.2, 0) is 6.54 Å². The van der Waals surface area contributed by atoms with Crippen LogP contribution in [0.25, 0.3) is 11.3 Å². The highest BCUT2D eigenvalue weighted by atomic mass is 32.1. The van der Waals surface area contributed by atoms with E-state index in [0.717, 1.165) is 17.0 Å². The monoisotopic (exact) mass is 301 g/mol. The second kappa shape index (κ2) is 5.94. The molecule has 3 aromatic rings. The van der Waals surface area contributed by atoms with E-state index in [4.69, 9.17) is 0 Å². The third kappa shape index (κ3) is 2.76. The summed E-state index contributed by atoms with van der Waals surface area (Å²) in [7, 11) is 0. The number of carbonyl (C=O) groups is 1. The van der Waals surface area contributed by atoms with Crippen LogP contribution >= 0.6 is 22.7 Å². The summed E-state index contributed by atoms with van der Waals surface area (Å²) in [5.41, 5.74) is 2.62. The molecule has 0 aliphatic carbocycles. The number of amides is 1. The molecule has 0 radical (unpaired) electrons. The van der Waals surface area contributed by atoms with Crippen molar-refractivity contribution < 1.29 is 4.79 Å². The molecule has 100 valence electrons. The molecule has 0 bridgehead atoms. The fourth-order valence-electron chi connectivity index (χ4n) is 1.80. The highest BCUT2D eigenvalue weighted by Gasteiger charge is 2.11. The standard InChI is InChI=1S/C14H11N3OS2/c18-14(12-2-1-6-20-12)17-8-11-13(16-5-4-15-11)10-3-7-19-9-10/h1-7,9H,8H2,(H,17,18). The Morgan fingerprint density at radius 3 is 2.85 bits per heavy atom. The molecule has 3 heterocycles. The zero-order valence-electron chi connectivity index (χ0n) is 10.4. The van der Waals surface area contributed by atoms with Gasteiger partial charge in [0.2, 0.25) is 0 Å². The van der Waals surface area contributed by atoms with E-state index in [-0.39, 0.29) is 5.91 Å². The Labute approximate surface area is 124 Å². The van der Waals surface area contributed by atoms with Gasteiger partial charge in [-0.15, -0.1) is 11.3 Å². The second-order valence-corrected chi connectivity index (χ2v) is 5.75. The first-order valence-electron chi connectivity index (χ1n) is 5.99. The maximum absolute atomic E-state index is 11.9. The number of nitrogens with one attached hydrogen (secondary N) is 1. The van der Waals surface area contributed by atoms with Crippen LogP contribution in [0.2, 0.25) is 0 Å². The Hall–Kier alpha value is -2.05. The highest BCUT2D eigenvalue weighted by Crippen LogP contribution is 2.22. The second-order valence-electron chi connectivity index (χ2n) is 4.02. The Kier molecular flexibility index (Phi) is 3.85. The minimum absolute atomic E-state index is 0.0816. The van der Waals surface area contributed by atoms with E-state index in [1.54, 1.807) is 29.8 Å². The molecule has 1 N–H and O–H groups in total. The van der Waals surface area contributed by atoms with Crippen LogP contribution in [0.4, 0.5) is 0 Å². The van der Waals surface area contributed by atoms with Gasteiger partial charge in [-0.3, -0.25) is 14.8 Å². The molecule has 0 spiro atoms. The summed E-state index contributed by atoms with van der Waals surface area (Å²) in [5, 5.41) is 8.78. The lowest BCUT2D eigenvalue weighted by Crippen LogP contribution is -2.22. The molecule has 0 saturated carbocycles. The quantitative estimate of drug-likeness (QED) is 0.805. The summed E-state index contributed by atoms with van der Waals surface area (Å²) in [6, 6.07) is 5.66. The van der Waals surface area contributed by atoms with Crippen LogP contribution in [0.1, 0.15) is 15.4 Å². The van der Waals surface area contributed by atoms with E-state index >= 15 is 0 Å². The molecule has 3 rings (SSSR count). The molecule has 4 nitrogen and oxygen atoms in total. The van der Waals surface area contributed by atoms with Crippen molar-refractivity contribution in [3.8, 4) is 11.3 Å². The predicted octanol–water partition coefficient (Wildman–Crippen LogP) is 3.20. The number of nitrogens with zero attached hydrogens (tertiary/aromatic N) is 2. The van der Waals surface area contributed by atoms with Crippen LogP contribution in [0.15, 0.2) is 46.7 Å². The zero-order valence-corrected chi connectivity index (χ0v) is 12.1. The van der Waals surface area contributed by atoms with Gasteiger partial charge in [-0.2, -0.15) is 11.3 Å². The van der Waals surface area contributed by atoms with E-state index in [1.807, 2.05) is 28.3 Å². The number of aromatic nitrogens is 2. The predicted molar refractivity (Wildman–Crippen MR) is 80.8 cm³/mol. The van der Waals surface area contributed by atoms with Crippen molar-refractivity contribution >= 4 is 28.6 Å². The molecule has 3 aromatic heterocycles. The summed E-state index contributed by atoms with van der Waals surface area (Å²) in [6.07, 6.45) is 3.31. The van der Waals surface area contributed by atoms with E-state index in [0.29, 0.717) is 11.4 Å². The smallest absolute Gasteiger partial charge is 0.261 e. The molecule has 20 heavy (non-hydrogen) atoms. The molecule has 6 heteroatoms. The van der Waals surface area contributed by atoms with Crippen molar-refractivity contribution in [1.29, 1.82) is 0 Å². The van der Waals surface area contributed by atoms with Crippen LogP contribution in [0, 0.1) is 0 Å². The van der Waals surface area contributed by atoms with Gasteiger partial charge in [0.25, 0.3) is 5.91 Å². The molecule has 0 aromatic carbocycles. The summed E-state index contributed by atoms with van der Waals surface area (Å²) >= 11 is 3.03. The molecule has 1 amide bonds. The van der Waals surface area contributed by atoms with Crippen LogP contribution in [-0.4, -0.2) is 15.9 Å². The first kappa shape index (κ1) is 13.0. The van der Waals surface area contributed by atoms with E-state index in [2.05, 4.69) is 15.3 Å². The molecular formula is C14H11N3OS2. The molecule has 0 fully saturated rings. The van der Waals surface area contributed by atoms with Gasteiger partial charge < -0.3 is 5.32 Å². The lowest BCUT2D eigenvalue weighted by molar-refractivity contribution is 0.0954. The first-order chi connectivity index (χ1) is 9.84. The molecule has 0 unspecified atom stereocenters. The topological polar surface area (TPSA) is 54.9 Å². The minimum atomic E-state index is -0.0816. The van der Waals surface area contributed by atoms with Crippen molar-refractivity contribution in [2.45, 2.75) is 6.54 Å². The average molecular weight is 301 g/mol. The highest BCUT2D eigenvalue weighted by molar-refractivity contribution is 7.12. The summed E-state index contributed by atoms with van der Waals surface area (Å²) in [6.45, 7) is 0.371. The lowest BCUT2D eigenvalue weighted by atomic mass is 10.2. The summed E-state index contributed by atoms with van der Waals surface area (Å²) in [4.78, 5) is 21.3. The zero-order chi connectivity index (χ0) is 13.8. The molecular weight excluding hydrogens is 290 g/mol. The fourth-order valence-corrected chi connectivity index (χ4v) is 3.08. The minimum Gasteiger partial charge on any atom is -0.346 e. The van der Waals surface area contributed by atoms with Crippen molar-refractivity contribution in [2.75, 3.05) is 0 Å². The van der Waals surface area contributed by atoms with Gasteiger partial charge in [-0.25, -0.2) is 0 Å². The van der Waals surface area contributed by atoms with Gasteiger partial charge >= 0.3 is 0 Å². The first-order valence-corrected chi connectivity index (χ1v) is 7.81. The average Bonchev–Trinajstić information content (AvgIpc) is 3.17. The Balaban J connectivity index is 1.77. The van der Waals surface area contributed by atoms with Crippen molar-refractivity contribution in [1.82, 2.24) is 15.3 Å². The largest absolute Gasteiger partial charge is 0.346 e. The van der Waals surface area contributed by atoms with Gasteiger partial charge in [0.15, 0.2) is 0 Å². The van der Waals surface area contributed by atoms with Crippen molar-refractivity contribution in [3.63, 3.8) is 0 Å². The summed E-state index contributed by atoms with van der Waals surface area (Å²) < 4.78 is 0. The Morgan fingerprint density at radius 1 is 1.20 bits per heavy atom. The normalized spacial score (nSPS) is 10.4. The number of rotatable bonds is 4. The van der Waals surface area contributed by atoms with E-state index < -0.39 is 0 Å². The number of thiophene rings is 2. The van der Waals surface area contributed by atoms with Gasteiger partial charge in [0.05, 0.1) is 22.8 Å². The Morgan fingerprint density at radius 2 is 2.10 bits per heavy atom. The molecule has 0 saturated heterocycles.